The van der Waals surface area contributed by atoms with Crippen LogP contribution in [-0.4, -0.2) is 19.1 Å². The predicted octanol–water partition coefficient (Wildman–Crippen LogP) is 14.2. The number of hydrogen-bond acceptors (Lipinski definition) is 3. The molecular weight excluding hydrogens is 713 g/mol. The largest absolute Gasteiger partial charge is 0.308 e. The molecule has 0 radical (unpaired) electrons. The van der Waals surface area contributed by atoms with Crippen molar-refractivity contribution in [2.45, 2.75) is 0 Å². The van der Waals surface area contributed by atoms with E-state index in [0.29, 0.717) is 0 Å². The van der Waals surface area contributed by atoms with Crippen molar-refractivity contribution in [3.63, 3.8) is 0 Å². The molecule has 264 valence electrons. The fourth-order valence-electron chi connectivity index (χ4n) is 9.34. The first-order chi connectivity index (χ1) is 28.3. The molecule has 0 aliphatic rings. The monoisotopic (exact) mass is 742 g/mol. The number of rotatable bonds is 3. The van der Waals surface area contributed by atoms with E-state index in [1.165, 1.54) is 74.3 Å². The van der Waals surface area contributed by atoms with Crippen molar-refractivity contribution in [3.05, 3.63) is 182 Å². The minimum absolute atomic E-state index is 0.818. The molecule has 13 aromatic rings. The maximum absolute atomic E-state index is 5.49. The highest BCUT2D eigenvalue weighted by molar-refractivity contribution is 7.25. The van der Waals surface area contributed by atoms with E-state index in [9.17, 15) is 0 Å². The van der Waals surface area contributed by atoms with Gasteiger partial charge in [0, 0.05) is 58.1 Å². The average Bonchev–Trinajstić information content (AvgIpc) is 3.92. The molecule has 4 aromatic heterocycles. The van der Waals surface area contributed by atoms with Crippen molar-refractivity contribution in [1.29, 1.82) is 0 Å². The minimum atomic E-state index is 0.818. The summed E-state index contributed by atoms with van der Waals surface area (Å²) in [5, 5.41) is 12.2. The lowest BCUT2D eigenvalue weighted by Gasteiger charge is -2.15. The Morgan fingerprint density at radius 1 is 0.368 bits per heavy atom. The van der Waals surface area contributed by atoms with E-state index in [1.807, 2.05) is 23.5 Å². The van der Waals surface area contributed by atoms with Gasteiger partial charge in [0.05, 0.1) is 38.8 Å². The van der Waals surface area contributed by atoms with E-state index in [-0.39, 0.29) is 0 Å². The van der Waals surface area contributed by atoms with Crippen LogP contribution in [0.25, 0.3) is 119 Å². The van der Waals surface area contributed by atoms with Crippen LogP contribution in [0, 0.1) is 0 Å². The van der Waals surface area contributed by atoms with E-state index >= 15 is 0 Å². The second kappa shape index (κ2) is 11.6. The average molecular weight is 743 g/mol. The summed E-state index contributed by atoms with van der Waals surface area (Å²) in [5.74, 6) is 0.818. The Morgan fingerprint density at radius 2 is 1.04 bits per heavy atom. The van der Waals surface area contributed by atoms with Gasteiger partial charge in [0.25, 0.3) is 0 Å². The summed E-state index contributed by atoms with van der Waals surface area (Å²) in [6.45, 7) is 0. The molecule has 0 saturated carbocycles. The van der Waals surface area contributed by atoms with E-state index < -0.39 is 0 Å². The summed E-state index contributed by atoms with van der Waals surface area (Å²) < 4.78 is 7.39. The van der Waals surface area contributed by atoms with Crippen LogP contribution in [0.2, 0.25) is 0 Å². The second-order valence-corrected chi connectivity index (χ2v) is 16.0. The van der Waals surface area contributed by atoms with Gasteiger partial charge in [0.1, 0.15) is 5.69 Å². The van der Waals surface area contributed by atoms with Gasteiger partial charge in [-0.3, -0.25) is 4.57 Å². The number of nitrogens with zero attached hydrogens (tertiary/aromatic N) is 4. The zero-order valence-electron chi connectivity index (χ0n) is 30.5. The molecule has 4 nitrogen and oxygen atoms in total. The zero-order chi connectivity index (χ0) is 37.2. The third kappa shape index (κ3) is 4.37. The second-order valence-electron chi connectivity index (χ2n) is 14.9. The van der Waals surface area contributed by atoms with Crippen molar-refractivity contribution in [2.24, 2.45) is 0 Å². The highest BCUT2D eigenvalue weighted by Gasteiger charge is 2.22. The Balaban J connectivity index is 1.15. The van der Waals surface area contributed by atoms with E-state index in [0.717, 1.165) is 44.8 Å². The molecule has 0 aliphatic carbocycles. The molecule has 4 heterocycles. The molecule has 0 bridgehead atoms. The Morgan fingerprint density at radius 3 is 1.89 bits per heavy atom. The molecule has 57 heavy (non-hydrogen) atoms. The van der Waals surface area contributed by atoms with Crippen molar-refractivity contribution in [2.75, 3.05) is 0 Å². The van der Waals surface area contributed by atoms with Crippen LogP contribution in [0.15, 0.2) is 182 Å². The number of thiophene rings is 1. The molecule has 0 atom stereocenters. The number of benzene rings is 9. The van der Waals surface area contributed by atoms with Crippen LogP contribution in [-0.2, 0) is 0 Å². The van der Waals surface area contributed by atoms with Crippen molar-refractivity contribution in [1.82, 2.24) is 19.1 Å². The van der Waals surface area contributed by atoms with E-state index in [2.05, 4.69) is 179 Å². The Labute approximate surface area is 330 Å². The maximum Gasteiger partial charge on any atom is 0.165 e. The van der Waals surface area contributed by atoms with Crippen LogP contribution in [0.3, 0.4) is 0 Å². The number of aromatic nitrogens is 4. The first-order valence-electron chi connectivity index (χ1n) is 19.3. The summed E-state index contributed by atoms with van der Waals surface area (Å²) in [6.07, 6.45) is 0. The summed E-state index contributed by atoms with van der Waals surface area (Å²) >= 11 is 1.83. The van der Waals surface area contributed by atoms with Gasteiger partial charge in [-0.2, -0.15) is 0 Å². The van der Waals surface area contributed by atoms with Gasteiger partial charge in [-0.1, -0.05) is 121 Å². The van der Waals surface area contributed by atoms with Gasteiger partial charge in [-0.15, -0.1) is 11.3 Å². The lowest BCUT2D eigenvalue weighted by atomic mass is 10.0. The summed E-state index contributed by atoms with van der Waals surface area (Å²) in [4.78, 5) is 10.9. The quantitative estimate of drug-likeness (QED) is 0.181. The van der Waals surface area contributed by atoms with Gasteiger partial charge in [0.2, 0.25) is 0 Å². The molecule has 5 heteroatoms. The molecule has 0 spiro atoms. The number of hydrogen-bond donors (Lipinski definition) is 0. The summed E-state index contributed by atoms with van der Waals surface area (Å²) in [7, 11) is 0. The maximum atomic E-state index is 5.49. The molecule has 0 aliphatic heterocycles. The molecule has 0 unspecified atom stereocenters. The SMILES string of the molecule is c1cc(-n2c3ccccc3c3ccc4ccccc4c32)c2cc3c(cc2c1)c1ccccc1n3-c1nc2ccccc2nc1-c1ccc2sc3ccccc3c2c1. The molecule has 0 N–H and O–H groups in total. The lowest BCUT2D eigenvalue weighted by molar-refractivity contribution is 1.08. The number of para-hydroxylation sites is 4. The van der Waals surface area contributed by atoms with Crippen molar-refractivity contribution < 1.29 is 0 Å². The van der Waals surface area contributed by atoms with Crippen LogP contribution in [0.1, 0.15) is 0 Å². The van der Waals surface area contributed by atoms with Crippen LogP contribution in [0.4, 0.5) is 0 Å². The zero-order valence-corrected chi connectivity index (χ0v) is 31.3. The van der Waals surface area contributed by atoms with Gasteiger partial charge < -0.3 is 4.57 Å². The van der Waals surface area contributed by atoms with Crippen LogP contribution >= 0.6 is 11.3 Å². The van der Waals surface area contributed by atoms with Crippen molar-refractivity contribution >= 4 is 108 Å². The fraction of sp³-hybridized carbons (Fsp3) is 0. The Kier molecular flexibility index (Phi) is 6.29. The molecule has 0 fully saturated rings. The van der Waals surface area contributed by atoms with Crippen LogP contribution < -0.4 is 0 Å². The summed E-state index contributed by atoms with van der Waals surface area (Å²) in [6, 6.07) is 66.0. The molecule has 13 rings (SSSR count). The fourth-order valence-corrected chi connectivity index (χ4v) is 10.4. The minimum Gasteiger partial charge on any atom is -0.308 e. The normalized spacial score (nSPS) is 12.2. The topological polar surface area (TPSA) is 35.6 Å². The van der Waals surface area contributed by atoms with Crippen molar-refractivity contribution in [3.8, 4) is 22.8 Å². The van der Waals surface area contributed by atoms with Gasteiger partial charge in [-0.05, 0) is 71.4 Å². The molecular formula is C52H30N4S. The summed E-state index contributed by atoms with van der Waals surface area (Å²) in [5.41, 5.74) is 9.39. The van der Waals surface area contributed by atoms with E-state index in [4.69, 9.17) is 9.97 Å². The Hall–Kier alpha value is -7.34. The molecule has 0 saturated heterocycles. The molecule has 9 aromatic carbocycles. The first-order valence-corrected chi connectivity index (χ1v) is 20.1. The third-order valence-electron chi connectivity index (χ3n) is 11.9. The lowest BCUT2D eigenvalue weighted by Crippen LogP contribution is -2.04. The Bertz CT molecular complexity index is 3830. The van der Waals surface area contributed by atoms with Gasteiger partial charge >= 0.3 is 0 Å². The van der Waals surface area contributed by atoms with Crippen LogP contribution in [0.5, 0.6) is 0 Å². The standard InChI is InChI=1S/C52H30N4S/c1-2-14-34-31(12-1)24-26-38-35-15-3-8-20-44(35)55(51(34)38)46-22-11-13-32-28-40-36-16-4-9-21-45(36)56(47(40)30-39(32)46)52-50(53-42-18-6-7-19-43(42)54-52)33-25-27-49-41(29-33)37-17-5-10-23-48(37)57-49/h1-30H. The smallest absolute Gasteiger partial charge is 0.165 e. The number of fused-ring (bicyclic) bond motifs is 13. The highest BCUT2D eigenvalue weighted by Crippen LogP contribution is 2.43. The third-order valence-corrected chi connectivity index (χ3v) is 13.0. The van der Waals surface area contributed by atoms with Gasteiger partial charge in [-0.25, -0.2) is 9.97 Å². The molecule has 0 amide bonds. The van der Waals surface area contributed by atoms with Gasteiger partial charge in [0.15, 0.2) is 5.82 Å². The predicted molar refractivity (Wildman–Crippen MR) is 242 cm³/mol. The first kappa shape index (κ1) is 30.9. The highest BCUT2D eigenvalue weighted by atomic mass is 32.1. The van der Waals surface area contributed by atoms with E-state index in [1.54, 1.807) is 0 Å².